The Morgan fingerprint density at radius 3 is 2.48 bits per heavy atom. The molecule has 1 aromatic carbocycles. The zero-order chi connectivity index (χ0) is 17.0. The maximum Gasteiger partial charge on any atom is 0.411 e. The van der Waals surface area contributed by atoms with Crippen LogP contribution in [0.15, 0.2) is 42.0 Å². The minimum Gasteiger partial charge on any atom is -0.459 e. The number of hydrogen-bond donors (Lipinski definition) is 0. The van der Waals surface area contributed by atoms with Crippen LogP contribution >= 0.6 is 0 Å². The van der Waals surface area contributed by atoms with Crippen molar-refractivity contribution in [2.45, 2.75) is 45.9 Å². The highest BCUT2D eigenvalue weighted by Crippen LogP contribution is 2.21. The summed E-state index contributed by atoms with van der Waals surface area (Å²) in [6.07, 6.45) is 1.24. The summed E-state index contributed by atoms with van der Waals surface area (Å²) in [5.41, 5.74) is 1.24. The Morgan fingerprint density at radius 1 is 1.22 bits per heavy atom. The van der Waals surface area contributed by atoms with Crippen molar-refractivity contribution >= 4 is 12.1 Å². The van der Waals surface area contributed by atoms with Crippen molar-refractivity contribution < 1.29 is 19.1 Å². The van der Waals surface area contributed by atoms with Gasteiger partial charge >= 0.3 is 12.1 Å². The van der Waals surface area contributed by atoms with Gasteiger partial charge in [0.05, 0.1) is 0 Å². The lowest BCUT2D eigenvalue weighted by Gasteiger charge is -2.27. The van der Waals surface area contributed by atoms with Gasteiger partial charge in [-0.25, -0.2) is 9.59 Å². The summed E-state index contributed by atoms with van der Waals surface area (Å²) >= 11 is 0. The molecule has 23 heavy (non-hydrogen) atoms. The summed E-state index contributed by atoms with van der Waals surface area (Å²) in [5, 5.41) is 0. The lowest BCUT2D eigenvalue weighted by atomic mass is 10.2. The minimum atomic E-state index is -0.728. The average Bonchev–Trinajstić information content (AvgIpc) is 2.86. The van der Waals surface area contributed by atoms with E-state index in [-0.39, 0.29) is 6.61 Å². The molecule has 1 heterocycles. The van der Waals surface area contributed by atoms with E-state index in [9.17, 15) is 9.59 Å². The zero-order valence-corrected chi connectivity index (χ0v) is 14.0. The van der Waals surface area contributed by atoms with Gasteiger partial charge in [-0.3, -0.25) is 4.90 Å². The summed E-state index contributed by atoms with van der Waals surface area (Å²) in [6.45, 7) is 7.82. The van der Waals surface area contributed by atoms with Crippen molar-refractivity contribution in [2.75, 3.05) is 6.54 Å². The Labute approximate surface area is 136 Å². The average molecular weight is 317 g/mol. The van der Waals surface area contributed by atoms with Gasteiger partial charge in [0.1, 0.15) is 12.2 Å². The van der Waals surface area contributed by atoms with Crippen LogP contribution in [0.3, 0.4) is 0 Å². The van der Waals surface area contributed by atoms with Gasteiger partial charge in [0.15, 0.2) is 6.04 Å². The normalized spacial score (nSPS) is 17.7. The van der Waals surface area contributed by atoms with E-state index in [1.807, 2.05) is 37.3 Å². The number of carbonyl (C=O) groups is 2. The first-order valence-corrected chi connectivity index (χ1v) is 7.64. The Morgan fingerprint density at radius 2 is 1.87 bits per heavy atom. The maximum atomic E-state index is 12.3. The highest BCUT2D eigenvalue weighted by molar-refractivity contribution is 5.85. The van der Waals surface area contributed by atoms with Crippen LogP contribution in [0.4, 0.5) is 4.79 Å². The first kappa shape index (κ1) is 17.1. The highest BCUT2D eigenvalue weighted by atomic mass is 16.6. The number of amides is 1. The monoisotopic (exact) mass is 317 g/mol. The molecule has 2 rings (SSSR count). The second-order valence-corrected chi connectivity index (χ2v) is 6.66. The topological polar surface area (TPSA) is 55.8 Å². The van der Waals surface area contributed by atoms with Gasteiger partial charge in [-0.2, -0.15) is 0 Å². The summed E-state index contributed by atoms with van der Waals surface area (Å²) in [5.74, 6) is -0.448. The number of benzene rings is 1. The molecule has 124 valence electrons. The molecule has 1 amide bonds. The van der Waals surface area contributed by atoms with Gasteiger partial charge in [-0.1, -0.05) is 42.0 Å². The van der Waals surface area contributed by atoms with Gasteiger partial charge in [0.25, 0.3) is 0 Å². The molecule has 1 atom stereocenters. The van der Waals surface area contributed by atoms with Crippen LogP contribution in [0.2, 0.25) is 0 Å². The standard InChI is InChI=1S/C18H23NO4/c1-13-10-15(19(11-13)17(21)23-18(2,3)4)16(20)22-12-14-8-6-5-7-9-14/h5-10,15H,11-12H2,1-4H3/t15-/m0/s1. The minimum absolute atomic E-state index is 0.186. The molecule has 1 aliphatic rings. The van der Waals surface area contributed by atoms with Crippen LogP contribution in [-0.4, -0.2) is 35.2 Å². The third-order valence-electron chi connectivity index (χ3n) is 3.29. The van der Waals surface area contributed by atoms with E-state index in [1.165, 1.54) is 4.90 Å². The molecule has 0 aromatic heterocycles. The van der Waals surface area contributed by atoms with Crippen LogP contribution < -0.4 is 0 Å². The van der Waals surface area contributed by atoms with E-state index in [4.69, 9.17) is 9.47 Å². The summed E-state index contributed by atoms with van der Waals surface area (Å²) in [7, 11) is 0. The molecule has 0 spiro atoms. The van der Waals surface area contributed by atoms with E-state index in [1.54, 1.807) is 26.8 Å². The third-order valence-corrected chi connectivity index (χ3v) is 3.29. The SMILES string of the molecule is CC1=C[C@@H](C(=O)OCc2ccccc2)N(C(=O)OC(C)(C)C)C1. The molecule has 0 bridgehead atoms. The fourth-order valence-electron chi connectivity index (χ4n) is 2.29. The Balaban J connectivity index is 2.00. The van der Waals surface area contributed by atoms with Crippen LogP contribution in [-0.2, 0) is 20.9 Å². The highest BCUT2D eigenvalue weighted by Gasteiger charge is 2.36. The van der Waals surface area contributed by atoms with Crippen LogP contribution in [0.25, 0.3) is 0 Å². The molecule has 5 heteroatoms. The second-order valence-electron chi connectivity index (χ2n) is 6.66. The number of ether oxygens (including phenoxy) is 2. The molecule has 0 saturated carbocycles. The fraction of sp³-hybridized carbons (Fsp3) is 0.444. The van der Waals surface area contributed by atoms with Crippen molar-refractivity contribution in [1.82, 2.24) is 4.90 Å². The maximum absolute atomic E-state index is 12.3. The predicted molar refractivity (Wildman–Crippen MR) is 86.7 cm³/mol. The van der Waals surface area contributed by atoms with E-state index in [0.717, 1.165) is 11.1 Å². The lowest BCUT2D eigenvalue weighted by Crippen LogP contribution is -2.44. The van der Waals surface area contributed by atoms with Gasteiger partial charge in [0, 0.05) is 6.54 Å². The molecule has 1 aromatic rings. The van der Waals surface area contributed by atoms with Crippen LogP contribution in [0.1, 0.15) is 33.3 Å². The lowest BCUT2D eigenvalue weighted by molar-refractivity contribution is -0.148. The summed E-state index contributed by atoms with van der Waals surface area (Å²) in [6, 6.07) is 8.71. The fourth-order valence-corrected chi connectivity index (χ4v) is 2.29. The summed E-state index contributed by atoms with van der Waals surface area (Å²) in [4.78, 5) is 26.0. The Kier molecular flexibility index (Phi) is 5.08. The largest absolute Gasteiger partial charge is 0.459 e. The number of carbonyl (C=O) groups excluding carboxylic acids is 2. The number of esters is 1. The zero-order valence-electron chi connectivity index (χ0n) is 14.0. The van der Waals surface area contributed by atoms with E-state index >= 15 is 0 Å². The van der Waals surface area contributed by atoms with Crippen molar-refractivity contribution in [3.8, 4) is 0 Å². The van der Waals surface area contributed by atoms with Crippen molar-refractivity contribution in [3.63, 3.8) is 0 Å². The smallest absolute Gasteiger partial charge is 0.411 e. The number of hydrogen-bond acceptors (Lipinski definition) is 4. The molecule has 0 N–H and O–H groups in total. The van der Waals surface area contributed by atoms with Gasteiger partial charge < -0.3 is 9.47 Å². The first-order valence-electron chi connectivity index (χ1n) is 7.64. The Hall–Kier alpha value is -2.30. The third kappa shape index (κ3) is 4.84. The number of nitrogens with zero attached hydrogens (tertiary/aromatic N) is 1. The Bertz CT molecular complexity index is 601. The van der Waals surface area contributed by atoms with Gasteiger partial charge in [-0.05, 0) is 33.3 Å². The second kappa shape index (κ2) is 6.86. The molecule has 5 nitrogen and oxygen atoms in total. The predicted octanol–water partition coefficient (Wildman–Crippen LogP) is 3.30. The van der Waals surface area contributed by atoms with E-state index in [2.05, 4.69) is 0 Å². The van der Waals surface area contributed by atoms with Gasteiger partial charge in [-0.15, -0.1) is 0 Å². The molecular formula is C18H23NO4. The molecule has 0 unspecified atom stereocenters. The molecular weight excluding hydrogens is 294 g/mol. The molecule has 0 aliphatic carbocycles. The first-order chi connectivity index (χ1) is 10.8. The quantitative estimate of drug-likeness (QED) is 0.634. The molecule has 0 radical (unpaired) electrons. The molecule has 0 fully saturated rings. The van der Waals surface area contributed by atoms with Crippen molar-refractivity contribution in [1.29, 1.82) is 0 Å². The van der Waals surface area contributed by atoms with Gasteiger partial charge in [0.2, 0.25) is 0 Å². The number of rotatable bonds is 3. The molecule has 0 saturated heterocycles. The van der Waals surface area contributed by atoms with Crippen LogP contribution in [0, 0.1) is 0 Å². The summed E-state index contributed by atoms with van der Waals surface area (Å²) < 4.78 is 10.7. The van der Waals surface area contributed by atoms with Crippen molar-refractivity contribution in [2.24, 2.45) is 0 Å². The van der Waals surface area contributed by atoms with Crippen LogP contribution in [0.5, 0.6) is 0 Å². The van der Waals surface area contributed by atoms with E-state index < -0.39 is 23.7 Å². The molecule has 1 aliphatic heterocycles. The van der Waals surface area contributed by atoms with Crippen molar-refractivity contribution in [3.05, 3.63) is 47.5 Å². The van der Waals surface area contributed by atoms with E-state index in [0.29, 0.717) is 6.54 Å².